The number of hydrogen-bond acceptors (Lipinski definition) is 4. The first kappa shape index (κ1) is 7.64. The van der Waals surface area contributed by atoms with Gasteiger partial charge in [0.2, 0.25) is 0 Å². The number of hydrogen-bond donors (Lipinski definition) is 1. The lowest BCUT2D eigenvalue weighted by Gasteiger charge is -2.03. The van der Waals surface area contributed by atoms with Crippen molar-refractivity contribution in [1.82, 2.24) is 20.2 Å². The molecule has 0 aliphatic heterocycles. The number of rotatable bonds is 2. The van der Waals surface area contributed by atoms with Crippen molar-refractivity contribution in [3.63, 3.8) is 0 Å². The molecule has 0 spiro atoms. The first-order valence-electron chi connectivity index (χ1n) is 3.22. The molecule has 2 N–H and O–H groups in total. The van der Waals surface area contributed by atoms with E-state index in [9.17, 15) is 0 Å². The lowest BCUT2D eigenvalue weighted by Crippen LogP contribution is -2.11. The topological polar surface area (TPSA) is 82.0 Å². The van der Waals surface area contributed by atoms with Crippen molar-refractivity contribution in [2.45, 2.75) is 20.0 Å². The Bertz CT molecular complexity index is 233. The highest BCUT2D eigenvalue weighted by Crippen LogP contribution is 2.01. The van der Waals surface area contributed by atoms with Gasteiger partial charge in [0.1, 0.15) is 12.5 Å². The van der Waals surface area contributed by atoms with E-state index in [4.69, 9.17) is 5.73 Å². The molecule has 1 rings (SSSR count). The summed E-state index contributed by atoms with van der Waals surface area (Å²) in [6.45, 7) is 3.58. The predicted molar refractivity (Wildman–Crippen MR) is 39.8 cm³/mol. The molecular formula is C5H10N6. The molecule has 1 atom stereocenters. The normalized spacial score (nSPS) is 14.9. The fourth-order valence-electron chi connectivity index (χ4n) is 0.693. The van der Waals surface area contributed by atoms with E-state index in [2.05, 4.69) is 20.5 Å². The van der Waals surface area contributed by atoms with Gasteiger partial charge < -0.3 is 5.73 Å². The average molecular weight is 154 g/mol. The Balaban J connectivity index is 2.71. The Morgan fingerprint density at radius 1 is 1.73 bits per heavy atom. The number of aromatic nitrogens is 4. The molecule has 0 aromatic carbocycles. The van der Waals surface area contributed by atoms with E-state index < -0.39 is 0 Å². The maximum Gasteiger partial charge on any atom is 0.144 e. The Morgan fingerprint density at radius 2 is 2.45 bits per heavy atom. The lowest BCUT2D eigenvalue weighted by molar-refractivity contribution is 0.495. The molecule has 11 heavy (non-hydrogen) atoms. The molecule has 0 aliphatic rings. The van der Waals surface area contributed by atoms with E-state index in [1.165, 1.54) is 11.0 Å². The predicted octanol–water partition coefficient (Wildman–Crippen LogP) is -0.431. The van der Waals surface area contributed by atoms with Gasteiger partial charge in [0.15, 0.2) is 0 Å². The van der Waals surface area contributed by atoms with Crippen LogP contribution in [0, 0.1) is 0 Å². The van der Waals surface area contributed by atoms with Gasteiger partial charge in [0, 0.05) is 0 Å². The molecule has 0 bridgehead atoms. The number of aliphatic imine (C=N–C) groups is 1. The summed E-state index contributed by atoms with van der Waals surface area (Å²) >= 11 is 0. The molecule has 0 aliphatic carbocycles. The molecule has 0 radical (unpaired) electrons. The van der Waals surface area contributed by atoms with Crippen molar-refractivity contribution in [3.8, 4) is 0 Å². The van der Waals surface area contributed by atoms with E-state index in [1.807, 2.05) is 6.92 Å². The molecule has 0 saturated heterocycles. The van der Waals surface area contributed by atoms with Crippen LogP contribution in [-0.4, -0.2) is 26.0 Å². The van der Waals surface area contributed by atoms with Crippen molar-refractivity contribution in [2.75, 3.05) is 0 Å². The molecule has 1 aromatic rings. The van der Waals surface area contributed by atoms with E-state index in [0.29, 0.717) is 5.84 Å². The number of nitrogens with two attached hydrogens (primary N) is 1. The van der Waals surface area contributed by atoms with E-state index >= 15 is 0 Å². The molecule has 0 amide bonds. The van der Waals surface area contributed by atoms with Gasteiger partial charge in [-0.2, -0.15) is 0 Å². The van der Waals surface area contributed by atoms with Crippen molar-refractivity contribution in [1.29, 1.82) is 0 Å². The van der Waals surface area contributed by atoms with Gasteiger partial charge in [0.05, 0.1) is 5.84 Å². The first-order valence-corrected chi connectivity index (χ1v) is 3.22. The summed E-state index contributed by atoms with van der Waals surface area (Å²) in [7, 11) is 0. The summed E-state index contributed by atoms with van der Waals surface area (Å²) in [6.07, 6.45) is 1.37. The van der Waals surface area contributed by atoms with Gasteiger partial charge in [-0.25, -0.2) is 9.67 Å². The minimum Gasteiger partial charge on any atom is -0.388 e. The summed E-state index contributed by atoms with van der Waals surface area (Å²) in [5, 5.41) is 10.6. The van der Waals surface area contributed by atoms with Crippen molar-refractivity contribution in [2.24, 2.45) is 10.7 Å². The van der Waals surface area contributed by atoms with Crippen LogP contribution in [0.3, 0.4) is 0 Å². The van der Waals surface area contributed by atoms with Crippen molar-refractivity contribution in [3.05, 3.63) is 6.33 Å². The van der Waals surface area contributed by atoms with E-state index in [0.717, 1.165) is 0 Å². The smallest absolute Gasteiger partial charge is 0.144 e. The Morgan fingerprint density at radius 3 is 2.91 bits per heavy atom. The molecule has 60 valence electrons. The molecule has 1 heterocycles. The van der Waals surface area contributed by atoms with Crippen LogP contribution < -0.4 is 5.73 Å². The molecule has 1 aromatic heterocycles. The minimum absolute atomic E-state index is 0.130. The van der Waals surface area contributed by atoms with Gasteiger partial charge in [-0.3, -0.25) is 0 Å². The third-order valence-electron chi connectivity index (χ3n) is 1.14. The van der Waals surface area contributed by atoms with Crippen LogP contribution in [-0.2, 0) is 0 Å². The second kappa shape index (κ2) is 3.09. The standard InChI is InChI=1S/C5H10N6/c1-4(6)8-5(2)11-3-7-9-10-11/h3,5H,1-2H3,(H2,6,8). The molecular weight excluding hydrogens is 144 g/mol. The van der Waals surface area contributed by atoms with Gasteiger partial charge in [-0.15, -0.1) is 5.10 Å². The number of amidine groups is 1. The van der Waals surface area contributed by atoms with Crippen molar-refractivity contribution >= 4 is 5.84 Å². The van der Waals surface area contributed by atoms with Crippen LogP contribution in [0.5, 0.6) is 0 Å². The first-order chi connectivity index (χ1) is 5.20. The zero-order chi connectivity index (χ0) is 8.27. The summed E-state index contributed by atoms with van der Waals surface area (Å²) in [5.41, 5.74) is 5.37. The number of tetrazole rings is 1. The van der Waals surface area contributed by atoms with Crippen LogP contribution in [0.15, 0.2) is 11.3 Å². The molecule has 1 unspecified atom stereocenters. The Hall–Kier alpha value is -1.46. The third-order valence-corrected chi connectivity index (χ3v) is 1.14. The van der Waals surface area contributed by atoms with Gasteiger partial charge in [-0.05, 0) is 24.3 Å². The molecule has 6 nitrogen and oxygen atoms in total. The summed E-state index contributed by atoms with van der Waals surface area (Å²) in [6, 6.07) is 0. The molecule has 0 saturated carbocycles. The fraction of sp³-hybridized carbons (Fsp3) is 0.600. The lowest BCUT2D eigenvalue weighted by atomic mass is 10.6. The van der Waals surface area contributed by atoms with E-state index in [-0.39, 0.29) is 6.17 Å². The monoisotopic (exact) mass is 154 g/mol. The van der Waals surface area contributed by atoms with Crippen molar-refractivity contribution < 1.29 is 0 Å². The summed E-state index contributed by atoms with van der Waals surface area (Å²) in [4.78, 5) is 4.03. The zero-order valence-electron chi connectivity index (χ0n) is 6.47. The second-order valence-electron chi connectivity index (χ2n) is 2.19. The summed E-state index contributed by atoms with van der Waals surface area (Å²) < 4.78 is 1.52. The molecule has 0 fully saturated rings. The maximum absolute atomic E-state index is 5.37. The van der Waals surface area contributed by atoms with Crippen LogP contribution in [0.25, 0.3) is 0 Å². The van der Waals surface area contributed by atoms with Crippen LogP contribution in [0.4, 0.5) is 0 Å². The van der Waals surface area contributed by atoms with Gasteiger partial charge in [-0.1, -0.05) is 0 Å². The highest BCUT2D eigenvalue weighted by atomic mass is 15.5. The zero-order valence-corrected chi connectivity index (χ0v) is 6.47. The largest absolute Gasteiger partial charge is 0.388 e. The SMILES string of the molecule is CC(N)=NC(C)n1cnnn1. The minimum atomic E-state index is -0.130. The van der Waals surface area contributed by atoms with E-state index in [1.54, 1.807) is 6.92 Å². The van der Waals surface area contributed by atoms with Gasteiger partial charge in [0.25, 0.3) is 0 Å². The van der Waals surface area contributed by atoms with Crippen LogP contribution >= 0.6 is 0 Å². The average Bonchev–Trinajstić information content (AvgIpc) is 2.35. The third kappa shape index (κ3) is 1.99. The second-order valence-corrected chi connectivity index (χ2v) is 2.19. The van der Waals surface area contributed by atoms with Gasteiger partial charge >= 0.3 is 0 Å². The highest BCUT2D eigenvalue weighted by Gasteiger charge is 2.01. The Labute approximate surface area is 64.1 Å². The highest BCUT2D eigenvalue weighted by molar-refractivity contribution is 5.77. The number of nitrogens with zero attached hydrogens (tertiary/aromatic N) is 5. The maximum atomic E-state index is 5.37. The molecule has 6 heteroatoms. The van der Waals surface area contributed by atoms with Crippen LogP contribution in [0.2, 0.25) is 0 Å². The summed E-state index contributed by atoms with van der Waals surface area (Å²) in [5.74, 6) is 0.521. The Kier molecular flexibility index (Phi) is 2.15. The quantitative estimate of drug-likeness (QED) is 0.463. The fourth-order valence-corrected chi connectivity index (χ4v) is 0.693. The van der Waals surface area contributed by atoms with Crippen LogP contribution in [0.1, 0.15) is 20.0 Å².